The van der Waals surface area contributed by atoms with Crippen molar-refractivity contribution >= 4 is 11.7 Å². The van der Waals surface area contributed by atoms with Crippen LogP contribution in [-0.2, 0) is 12.7 Å². The zero-order chi connectivity index (χ0) is 18.8. The fourth-order valence-electron chi connectivity index (χ4n) is 2.34. The van der Waals surface area contributed by atoms with Crippen LogP contribution in [0.1, 0.15) is 35.5 Å². The summed E-state index contributed by atoms with van der Waals surface area (Å²) >= 11 is 0. The molecule has 0 spiro atoms. The molecule has 2 aromatic rings. The Morgan fingerprint density at radius 2 is 1.92 bits per heavy atom. The van der Waals surface area contributed by atoms with Gasteiger partial charge in [-0.3, -0.25) is 4.98 Å². The first-order chi connectivity index (χ1) is 11.6. The largest absolute Gasteiger partial charge is 0.478 e. The minimum atomic E-state index is -4.56. The van der Waals surface area contributed by atoms with Crippen molar-refractivity contribution in [2.75, 3.05) is 4.90 Å². The van der Waals surface area contributed by atoms with Crippen molar-refractivity contribution in [3.63, 3.8) is 0 Å². The number of pyridine rings is 1. The van der Waals surface area contributed by atoms with Gasteiger partial charge in [-0.15, -0.1) is 0 Å². The Hall–Kier alpha value is -2.64. The highest BCUT2D eigenvalue weighted by atomic mass is 19.4. The second-order valence-electron chi connectivity index (χ2n) is 5.74. The summed E-state index contributed by atoms with van der Waals surface area (Å²) in [4.78, 5) is 15.8. The highest BCUT2D eigenvalue weighted by Crippen LogP contribution is 2.29. The van der Waals surface area contributed by atoms with E-state index in [1.165, 1.54) is 18.2 Å². The quantitative estimate of drug-likeness (QED) is 0.809. The van der Waals surface area contributed by atoms with Crippen LogP contribution >= 0.6 is 0 Å². The molecule has 0 bridgehead atoms. The van der Waals surface area contributed by atoms with Gasteiger partial charge in [-0.2, -0.15) is 13.2 Å². The Morgan fingerprint density at radius 1 is 1.24 bits per heavy atom. The third-order valence-electron chi connectivity index (χ3n) is 3.60. The van der Waals surface area contributed by atoms with E-state index in [1.807, 2.05) is 0 Å². The topological polar surface area (TPSA) is 53.4 Å². The maximum atomic E-state index is 14.3. The average Bonchev–Trinajstić information content (AvgIpc) is 2.52. The number of hydrogen-bond acceptors (Lipinski definition) is 3. The number of aromatic nitrogens is 1. The van der Waals surface area contributed by atoms with Crippen molar-refractivity contribution in [2.45, 2.75) is 32.6 Å². The number of benzene rings is 1. The number of rotatable bonds is 5. The number of hydrogen-bond donors (Lipinski definition) is 1. The Labute approximate surface area is 141 Å². The maximum absolute atomic E-state index is 14.3. The van der Waals surface area contributed by atoms with Crippen molar-refractivity contribution in [3.8, 4) is 0 Å². The lowest BCUT2D eigenvalue weighted by atomic mass is 10.1. The minimum Gasteiger partial charge on any atom is -0.478 e. The van der Waals surface area contributed by atoms with E-state index in [1.54, 1.807) is 18.7 Å². The molecule has 134 valence electrons. The van der Waals surface area contributed by atoms with Crippen LogP contribution in [0.15, 0.2) is 36.5 Å². The summed E-state index contributed by atoms with van der Waals surface area (Å²) in [6.45, 7) is 3.54. The van der Waals surface area contributed by atoms with Gasteiger partial charge in [0, 0.05) is 18.8 Å². The summed E-state index contributed by atoms with van der Waals surface area (Å²) in [6, 6.07) is 5.56. The fraction of sp³-hybridized carbons (Fsp3) is 0.294. The summed E-state index contributed by atoms with van der Waals surface area (Å²) in [5, 5.41) is 8.90. The van der Waals surface area contributed by atoms with Crippen LogP contribution in [0.3, 0.4) is 0 Å². The van der Waals surface area contributed by atoms with E-state index in [-0.39, 0.29) is 23.8 Å². The first-order valence-corrected chi connectivity index (χ1v) is 7.41. The first-order valence-electron chi connectivity index (χ1n) is 7.41. The van der Waals surface area contributed by atoms with Gasteiger partial charge in [0.05, 0.1) is 11.3 Å². The predicted molar refractivity (Wildman–Crippen MR) is 83.9 cm³/mol. The lowest BCUT2D eigenvalue weighted by Gasteiger charge is -2.29. The molecule has 1 aromatic heterocycles. The molecule has 4 nitrogen and oxygen atoms in total. The molecule has 0 saturated heterocycles. The van der Waals surface area contributed by atoms with E-state index < -0.39 is 23.7 Å². The molecule has 0 amide bonds. The number of carboxylic acids is 1. The molecule has 0 radical (unpaired) electrons. The monoisotopic (exact) mass is 356 g/mol. The maximum Gasteiger partial charge on any atom is 0.433 e. The van der Waals surface area contributed by atoms with Crippen LogP contribution in [0.2, 0.25) is 0 Å². The fourth-order valence-corrected chi connectivity index (χ4v) is 2.34. The molecule has 2 rings (SSSR count). The summed E-state index contributed by atoms with van der Waals surface area (Å²) < 4.78 is 52.6. The third-order valence-corrected chi connectivity index (χ3v) is 3.60. The predicted octanol–water partition coefficient (Wildman–Crippen LogP) is 4.35. The summed E-state index contributed by atoms with van der Waals surface area (Å²) in [5.74, 6) is -2.01. The molecule has 0 atom stereocenters. The highest BCUT2D eigenvalue weighted by molar-refractivity contribution is 5.88. The first kappa shape index (κ1) is 18.7. The van der Waals surface area contributed by atoms with Crippen molar-refractivity contribution in [1.82, 2.24) is 4.98 Å². The lowest BCUT2D eigenvalue weighted by molar-refractivity contribution is -0.141. The van der Waals surface area contributed by atoms with Gasteiger partial charge in [-0.1, -0.05) is 0 Å². The van der Waals surface area contributed by atoms with Crippen molar-refractivity contribution in [1.29, 1.82) is 0 Å². The molecular weight excluding hydrogens is 340 g/mol. The minimum absolute atomic E-state index is 0.0204. The Bertz CT molecular complexity index is 775. The zero-order valence-corrected chi connectivity index (χ0v) is 13.5. The summed E-state index contributed by atoms with van der Waals surface area (Å²) in [5.41, 5.74) is -0.785. The van der Waals surface area contributed by atoms with Crippen LogP contribution in [-0.4, -0.2) is 22.1 Å². The van der Waals surface area contributed by atoms with Gasteiger partial charge in [0.2, 0.25) is 0 Å². The number of anilines is 1. The summed E-state index contributed by atoms with van der Waals surface area (Å²) in [7, 11) is 0. The molecule has 0 saturated carbocycles. The van der Waals surface area contributed by atoms with Gasteiger partial charge in [-0.05, 0) is 49.7 Å². The molecule has 1 N–H and O–H groups in total. The Morgan fingerprint density at radius 3 is 2.44 bits per heavy atom. The number of aromatic carboxylic acids is 1. The van der Waals surface area contributed by atoms with Crippen LogP contribution in [0, 0.1) is 5.82 Å². The van der Waals surface area contributed by atoms with Gasteiger partial charge in [0.15, 0.2) is 0 Å². The molecule has 0 aliphatic carbocycles. The van der Waals surface area contributed by atoms with Crippen LogP contribution in [0.4, 0.5) is 23.2 Å². The zero-order valence-electron chi connectivity index (χ0n) is 13.5. The molecule has 25 heavy (non-hydrogen) atoms. The van der Waals surface area contributed by atoms with E-state index in [4.69, 9.17) is 5.11 Å². The van der Waals surface area contributed by atoms with Crippen molar-refractivity contribution < 1.29 is 27.5 Å². The highest BCUT2D eigenvalue weighted by Gasteiger charge is 2.32. The van der Waals surface area contributed by atoms with E-state index in [0.717, 1.165) is 18.3 Å². The van der Waals surface area contributed by atoms with Gasteiger partial charge >= 0.3 is 12.1 Å². The average molecular weight is 356 g/mol. The molecule has 1 aromatic carbocycles. The smallest absolute Gasteiger partial charge is 0.433 e. The molecule has 0 aliphatic rings. The Kier molecular flexibility index (Phi) is 5.30. The number of halogens is 4. The number of carboxylic acid groups (broad SMARTS) is 1. The summed E-state index contributed by atoms with van der Waals surface area (Å²) in [6.07, 6.45) is -3.51. The van der Waals surface area contributed by atoms with Crippen LogP contribution in [0.25, 0.3) is 0 Å². The molecule has 0 aliphatic heterocycles. The van der Waals surface area contributed by atoms with Crippen LogP contribution < -0.4 is 4.90 Å². The lowest BCUT2D eigenvalue weighted by Crippen LogP contribution is -2.31. The normalized spacial score (nSPS) is 11.6. The van der Waals surface area contributed by atoms with Gasteiger partial charge in [0.1, 0.15) is 11.5 Å². The molecule has 0 fully saturated rings. The molecule has 1 heterocycles. The van der Waals surface area contributed by atoms with E-state index in [2.05, 4.69) is 4.98 Å². The number of carbonyl (C=O) groups is 1. The number of nitrogens with zero attached hydrogens (tertiary/aromatic N) is 2. The van der Waals surface area contributed by atoms with Gasteiger partial charge in [-0.25, -0.2) is 9.18 Å². The standard InChI is InChI=1S/C17H16F4N2O2/c1-10(2)23(14-4-3-12(16(24)25)8-13(14)18)9-11-5-6-22-15(7-11)17(19,20)21/h3-8,10H,9H2,1-2H3,(H,24,25). The third kappa shape index (κ3) is 4.46. The van der Waals surface area contributed by atoms with Crippen molar-refractivity contribution in [2.24, 2.45) is 0 Å². The van der Waals surface area contributed by atoms with E-state index >= 15 is 0 Å². The molecule has 8 heteroatoms. The van der Waals surface area contributed by atoms with E-state index in [0.29, 0.717) is 5.56 Å². The van der Waals surface area contributed by atoms with Crippen molar-refractivity contribution in [3.05, 3.63) is 59.2 Å². The van der Waals surface area contributed by atoms with E-state index in [9.17, 15) is 22.4 Å². The van der Waals surface area contributed by atoms with Crippen LogP contribution in [0.5, 0.6) is 0 Å². The molecular formula is C17H16F4N2O2. The second-order valence-corrected chi connectivity index (χ2v) is 5.74. The second kappa shape index (κ2) is 7.08. The van der Waals surface area contributed by atoms with Gasteiger partial charge in [0.25, 0.3) is 0 Å². The SMILES string of the molecule is CC(C)N(Cc1ccnc(C(F)(F)F)c1)c1ccc(C(=O)O)cc1F. The Balaban J connectivity index is 2.36. The van der Waals surface area contributed by atoms with Gasteiger partial charge < -0.3 is 10.0 Å². The molecule has 0 unspecified atom stereocenters. The number of alkyl halides is 3.